The molecule has 5 heteroatoms. The SMILES string of the molecule is O=c1cc(O)nc(-c2ccc(Cl)cc2)o1. The smallest absolute Gasteiger partial charge is 0.342 e. The third-order valence-electron chi connectivity index (χ3n) is 1.75. The zero-order chi connectivity index (χ0) is 10.8. The third-order valence-corrected chi connectivity index (χ3v) is 2.00. The maximum absolute atomic E-state index is 11.0. The average molecular weight is 224 g/mol. The van der Waals surface area contributed by atoms with E-state index in [1.807, 2.05) is 0 Å². The Labute approximate surface area is 89.8 Å². The van der Waals surface area contributed by atoms with Crippen molar-refractivity contribution in [2.24, 2.45) is 0 Å². The van der Waals surface area contributed by atoms with E-state index >= 15 is 0 Å². The van der Waals surface area contributed by atoms with Gasteiger partial charge in [0.05, 0.1) is 6.07 Å². The molecule has 0 aliphatic rings. The zero-order valence-electron chi connectivity index (χ0n) is 7.48. The molecule has 0 saturated carbocycles. The molecule has 76 valence electrons. The summed E-state index contributed by atoms with van der Waals surface area (Å²) < 4.78 is 4.81. The highest BCUT2D eigenvalue weighted by molar-refractivity contribution is 6.30. The van der Waals surface area contributed by atoms with Gasteiger partial charge < -0.3 is 9.52 Å². The minimum absolute atomic E-state index is 0.0664. The van der Waals surface area contributed by atoms with Crippen LogP contribution in [0.2, 0.25) is 5.02 Å². The molecule has 0 bridgehead atoms. The standard InChI is InChI=1S/C10H6ClNO3/c11-7-3-1-6(2-4-7)10-12-8(13)5-9(14)15-10/h1-5,13H. The molecule has 4 nitrogen and oxygen atoms in total. The maximum atomic E-state index is 11.0. The van der Waals surface area contributed by atoms with Crippen molar-refractivity contribution in [2.75, 3.05) is 0 Å². The van der Waals surface area contributed by atoms with Gasteiger partial charge in [-0.3, -0.25) is 0 Å². The van der Waals surface area contributed by atoms with Gasteiger partial charge in [0.25, 0.3) is 0 Å². The lowest BCUT2D eigenvalue weighted by atomic mass is 10.2. The summed E-state index contributed by atoms with van der Waals surface area (Å²) in [7, 11) is 0. The Hall–Kier alpha value is -1.81. The van der Waals surface area contributed by atoms with Crippen LogP contribution in [0.15, 0.2) is 39.5 Å². The first-order chi connectivity index (χ1) is 7.15. The lowest BCUT2D eigenvalue weighted by molar-refractivity contribution is 0.421. The molecule has 2 aromatic rings. The predicted octanol–water partition coefficient (Wildman–Crippen LogP) is 2.06. The molecule has 1 aromatic heterocycles. The van der Waals surface area contributed by atoms with Crippen molar-refractivity contribution in [3.8, 4) is 17.3 Å². The van der Waals surface area contributed by atoms with E-state index in [1.165, 1.54) is 0 Å². The summed E-state index contributed by atoms with van der Waals surface area (Å²) in [6, 6.07) is 7.48. The molecular weight excluding hydrogens is 218 g/mol. The summed E-state index contributed by atoms with van der Waals surface area (Å²) in [4.78, 5) is 14.6. The summed E-state index contributed by atoms with van der Waals surface area (Å²) >= 11 is 5.70. The number of nitrogens with zero attached hydrogens (tertiary/aromatic N) is 1. The van der Waals surface area contributed by atoms with Crippen LogP contribution in [-0.4, -0.2) is 10.1 Å². The lowest BCUT2D eigenvalue weighted by Crippen LogP contribution is -1.98. The van der Waals surface area contributed by atoms with Crippen LogP contribution >= 0.6 is 11.6 Å². The molecule has 0 fully saturated rings. The molecule has 0 unspecified atom stereocenters. The highest BCUT2D eigenvalue weighted by Crippen LogP contribution is 2.19. The van der Waals surface area contributed by atoms with Crippen LogP contribution in [0.25, 0.3) is 11.5 Å². The topological polar surface area (TPSA) is 63.3 Å². The Morgan fingerprint density at radius 1 is 1.27 bits per heavy atom. The first-order valence-corrected chi connectivity index (χ1v) is 4.50. The molecule has 0 saturated heterocycles. The number of benzene rings is 1. The molecule has 1 aromatic carbocycles. The summed E-state index contributed by atoms with van der Waals surface area (Å²) in [6.07, 6.45) is 0. The van der Waals surface area contributed by atoms with E-state index < -0.39 is 5.63 Å². The minimum Gasteiger partial charge on any atom is -0.493 e. The molecule has 0 radical (unpaired) electrons. The van der Waals surface area contributed by atoms with Crippen LogP contribution in [0.3, 0.4) is 0 Å². The van der Waals surface area contributed by atoms with Crippen molar-refractivity contribution in [1.82, 2.24) is 4.98 Å². The summed E-state index contributed by atoms with van der Waals surface area (Å²) in [5.74, 6) is -0.298. The van der Waals surface area contributed by atoms with Gasteiger partial charge in [0.2, 0.25) is 11.8 Å². The van der Waals surface area contributed by atoms with Crippen molar-refractivity contribution in [3.05, 3.63) is 45.8 Å². The van der Waals surface area contributed by atoms with E-state index in [4.69, 9.17) is 21.1 Å². The van der Waals surface area contributed by atoms with E-state index in [-0.39, 0.29) is 11.8 Å². The van der Waals surface area contributed by atoms with Crippen LogP contribution < -0.4 is 5.63 Å². The van der Waals surface area contributed by atoms with Crippen molar-refractivity contribution in [1.29, 1.82) is 0 Å². The number of halogens is 1. The van der Waals surface area contributed by atoms with Gasteiger partial charge in [0.15, 0.2) is 0 Å². The van der Waals surface area contributed by atoms with E-state index in [1.54, 1.807) is 24.3 Å². The first kappa shape index (κ1) is 9.73. The average Bonchev–Trinajstić information content (AvgIpc) is 2.17. The summed E-state index contributed by atoms with van der Waals surface area (Å²) in [6.45, 7) is 0. The predicted molar refractivity (Wildman–Crippen MR) is 54.9 cm³/mol. The van der Waals surface area contributed by atoms with Crippen molar-refractivity contribution in [3.63, 3.8) is 0 Å². The quantitative estimate of drug-likeness (QED) is 0.804. The Morgan fingerprint density at radius 3 is 2.53 bits per heavy atom. The fourth-order valence-electron chi connectivity index (χ4n) is 1.11. The van der Waals surface area contributed by atoms with E-state index in [0.717, 1.165) is 6.07 Å². The number of hydrogen-bond acceptors (Lipinski definition) is 4. The normalized spacial score (nSPS) is 10.2. The minimum atomic E-state index is -0.646. The molecule has 1 N–H and O–H groups in total. The fourth-order valence-corrected chi connectivity index (χ4v) is 1.23. The molecular formula is C10H6ClNO3. The molecule has 2 rings (SSSR count). The second kappa shape index (κ2) is 3.74. The third kappa shape index (κ3) is 2.16. The molecule has 1 heterocycles. The van der Waals surface area contributed by atoms with Gasteiger partial charge in [-0.2, -0.15) is 4.98 Å². The first-order valence-electron chi connectivity index (χ1n) is 4.12. The Morgan fingerprint density at radius 2 is 1.93 bits per heavy atom. The summed E-state index contributed by atoms with van der Waals surface area (Å²) in [5, 5.41) is 9.68. The second-order valence-corrected chi connectivity index (χ2v) is 3.28. The van der Waals surface area contributed by atoms with Crippen LogP contribution in [0.5, 0.6) is 5.88 Å². The molecule has 15 heavy (non-hydrogen) atoms. The number of hydrogen-bond donors (Lipinski definition) is 1. The fraction of sp³-hybridized carbons (Fsp3) is 0. The zero-order valence-corrected chi connectivity index (χ0v) is 8.23. The van der Waals surface area contributed by atoms with Gasteiger partial charge in [0.1, 0.15) is 0 Å². The van der Waals surface area contributed by atoms with Gasteiger partial charge in [-0.15, -0.1) is 0 Å². The molecule has 0 amide bonds. The van der Waals surface area contributed by atoms with Gasteiger partial charge in [-0.25, -0.2) is 4.79 Å². The highest BCUT2D eigenvalue weighted by Gasteiger charge is 2.05. The summed E-state index contributed by atoms with van der Waals surface area (Å²) in [5.41, 5.74) is -0.0696. The van der Waals surface area contributed by atoms with Crippen LogP contribution in [0.1, 0.15) is 0 Å². The monoisotopic (exact) mass is 223 g/mol. The van der Waals surface area contributed by atoms with Crippen molar-refractivity contribution in [2.45, 2.75) is 0 Å². The van der Waals surface area contributed by atoms with E-state index in [2.05, 4.69) is 4.98 Å². The van der Waals surface area contributed by atoms with E-state index in [0.29, 0.717) is 10.6 Å². The Bertz CT molecular complexity index is 533. The number of rotatable bonds is 1. The Kier molecular flexibility index (Phi) is 2.43. The molecule has 0 aliphatic heterocycles. The Balaban J connectivity index is 2.54. The number of aromatic hydroxyl groups is 1. The number of aromatic nitrogens is 1. The van der Waals surface area contributed by atoms with E-state index in [9.17, 15) is 4.79 Å². The molecule has 0 atom stereocenters. The second-order valence-electron chi connectivity index (χ2n) is 2.85. The van der Waals surface area contributed by atoms with Gasteiger partial charge in [-0.1, -0.05) is 11.6 Å². The highest BCUT2D eigenvalue weighted by atomic mass is 35.5. The molecule has 0 aliphatic carbocycles. The molecule has 0 spiro atoms. The van der Waals surface area contributed by atoms with Gasteiger partial charge in [-0.05, 0) is 24.3 Å². The largest absolute Gasteiger partial charge is 0.493 e. The van der Waals surface area contributed by atoms with Crippen molar-refractivity contribution < 1.29 is 9.52 Å². The van der Waals surface area contributed by atoms with Gasteiger partial charge in [0, 0.05) is 10.6 Å². The van der Waals surface area contributed by atoms with Crippen LogP contribution in [0, 0.1) is 0 Å². The van der Waals surface area contributed by atoms with Crippen LogP contribution in [0.4, 0.5) is 0 Å². The van der Waals surface area contributed by atoms with Crippen LogP contribution in [-0.2, 0) is 0 Å². The van der Waals surface area contributed by atoms with Crippen molar-refractivity contribution >= 4 is 11.6 Å². The lowest BCUT2D eigenvalue weighted by Gasteiger charge is -1.98. The maximum Gasteiger partial charge on any atom is 0.342 e. The van der Waals surface area contributed by atoms with Gasteiger partial charge >= 0.3 is 5.63 Å².